The number of amides is 1. The number of hydrogen-bond donors (Lipinski definition) is 0. The number of carbonyl (C=O) groups is 1. The fourth-order valence-corrected chi connectivity index (χ4v) is 4.54. The molecule has 28 heavy (non-hydrogen) atoms. The molecule has 2 fully saturated rings. The summed E-state index contributed by atoms with van der Waals surface area (Å²) in [7, 11) is 2.23. The third kappa shape index (κ3) is 6.21. The molecule has 0 atom stereocenters. The van der Waals surface area contributed by atoms with Crippen molar-refractivity contribution in [3.63, 3.8) is 0 Å². The van der Waals surface area contributed by atoms with Crippen LogP contribution in [0.3, 0.4) is 0 Å². The third-order valence-electron chi connectivity index (χ3n) is 6.37. The molecular weight excluding hydrogens is 350 g/mol. The van der Waals surface area contributed by atoms with Gasteiger partial charge in [-0.25, -0.2) is 4.79 Å². The summed E-state index contributed by atoms with van der Waals surface area (Å²) in [5.74, 6) is 0.801. The Morgan fingerprint density at radius 1 is 1.07 bits per heavy atom. The Labute approximate surface area is 170 Å². The predicted octanol–water partition coefficient (Wildman–Crippen LogP) is 3.49. The van der Waals surface area contributed by atoms with Crippen LogP contribution in [-0.4, -0.2) is 79.8 Å². The Bertz CT molecular complexity index is 579. The molecule has 0 saturated carbocycles. The SMILES string of the molecule is CCOC(=O)N1CCC(N(CCc2ccccc2)CC2CCN(C)CC2)CC1. The van der Waals surface area contributed by atoms with E-state index in [1.165, 1.54) is 38.0 Å². The molecule has 5 nitrogen and oxygen atoms in total. The van der Waals surface area contributed by atoms with Gasteiger partial charge in [0.05, 0.1) is 6.61 Å². The maximum absolute atomic E-state index is 12.0. The van der Waals surface area contributed by atoms with Crippen molar-refractivity contribution < 1.29 is 9.53 Å². The summed E-state index contributed by atoms with van der Waals surface area (Å²) in [6, 6.07) is 11.4. The Balaban J connectivity index is 1.56. The molecule has 0 aliphatic carbocycles. The maximum Gasteiger partial charge on any atom is 0.409 e. The molecule has 2 aliphatic heterocycles. The van der Waals surface area contributed by atoms with Gasteiger partial charge in [0.1, 0.15) is 0 Å². The van der Waals surface area contributed by atoms with Crippen molar-refractivity contribution in [1.82, 2.24) is 14.7 Å². The van der Waals surface area contributed by atoms with Gasteiger partial charge in [-0.1, -0.05) is 30.3 Å². The van der Waals surface area contributed by atoms with Crippen molar-refractivity contribution in [2.45, 2.75) is 45.1 Å². The van der Waals surface area contributed by atoms with Crippen LogP contribution in [0.15, 0.2) is 30.3 Å². The quantitative estimate of drug-likeness (QED) is 0.717. The Morgan fingerprint density at radius 2 is 1.75 bits per heavy atom. The van der Waals surface area contributed by atoms with Crippen LogP contribution in [0.5, 0.6) is 0 Å². The van der Waals surface area contributed by atoms with E-state index >= 15 is 0 Å². The molecule has 5 heteroatoms. The molecule has 1 amide bonds. The highest BCUT2D eigenvalue weighted by atomic mass is 16.6. The molecule has 1 aromatic carbocycles. The summed E-state index contributed by atoms with van der Waals surface area (Å²) in [6.07, 6.45) is 5.68. The van der Waals surface area contributed by atoms with Crippen molar-refractivity contribution in [2.75, 3.05) is 52.9 Å². The smallest absolute Gasteiger partial charge is 0.409 e. The lowest BCUT2D eigenvalue weighted by atomic mass is 9.94. The number of ether oxygens (including phenoxy) is 1. The fourth-order valence-electron chi connectivity index (χ4n) is 4.54. The third-order valence-corrected chi connectivity index (χ3v) is 6.37. The summed E-state index contributed by atoms with van der Waals surface area (Å²) >= 11 is 0. The van der Waals surface area contributed by atoms with Gasteiger partial charge in [-0.3, -0.25) is 4.90 Å². The van der Waals surface area contributed by atoms with Crippen LogP contribution in [0.2, 0.25) is 0 Å². The van der Waals surface area contributed by atoms with E-state index in [-0.39, 0.29) is 6.09 Å². The Hall–Kier alpha value is -1.59. The van der Waals surface area contributed by atoms with Crippen molar-refractivity contribution in [2.24, 2.45) is 5.92 Å². The minimum atomic E-state index is -0.146. The van der Waals surface area contributed by atoms with Gasteiger partial charge in [0.15, 0.2) is 0 Å². The van der Waals surface area contributed by atoms with Gasteiger partial charge in [0.25, 0.3) is 0 Å². The summed E-state index contributed by atoms with van der Waals surface area (Å²) in [5.41, 5.74) is 1.42. The van der Waals surface area contributed by atoms with Crippen LogP contribution in [0, 0.1) is 5.92 Å². The van der Waals surface area contributed by atoms with Crippen LogP contribution in [0.25, 0.3) is 0 Å². The summed E-state index contributed by atoms with van der Waals surface area (Å²) in [4.78, 5) is 19.1. The van der Waals surface area contributed by atoms with E-state index in [1.807, 2.05) is 11.8 Å². The lowest BCUT2D eigenvalue weighted by molar-refractivity contribution is 0.0640. The number of benzene rings is 1. The molecule has 2 saturated heterocycles. The summed E-state index contributed by atoms with van der Waals surface area (Å²) in [5, 5.41) is 0. The summed E-state index contributed by atoms with van der Waals surface area (Å²) in [6.45, 7) is 8.72. The highest BCUT2D eigenvalue weighted by molar-refractivity contribution is 5.67. The lowest BCUT2D eigenvalue weighted by Crippen LogP contribution is -2.49. The number of nitrogens with zero attached hydrogens (tertiary/aromatic N) is 3. The minimum Gasteiger partial charge on any atom is -0.450 e. The van der Waals surface area contributed by atoms with Crippen LogP contribution < -0.4 is 0 Å². The average molecular weight is 388 g/mol. The zero-order valence-electron chi connectivity index (χ0n) is 17.7. The Morgan fingerprint density at radius 3 is 2.39 bits per heavy atom. The molecule has 0 radical (unpaired) electrons. The standard InChI is InChI=1S/C23H37N3O2/c1-3-28-23(27)25-17-12-22(13-18-25)26(16-11-20-7-5-4-6-8-20)19-21-9-14-24(2)15-10-21/h4-8,21-22H,3,9-19H2,1-2H3. The highest BCUT2D eigenvalue weighted by Gasteiger charge is 2.29. The van der Waals surface area contributed by atoms with Gasteiger partial charge in [0, 0.05) is 32.2 Å². The van der Waals surface area contributed by atoms with Gasteiger partial charge in [0.2, 0.25) is 0 Å². The van der Waals surface area contributed by atoms with E-state index < -0.39 is 0 Å². The largest absolute Gasteiger partial charge is 0.450 e. The van der Waals surface area contributed by atoms with Crippen LogP contribution in [-0.2, 0) is 11.2 Å². The van der Waals surface area contributed by atoms with Gasteiger partial charge >= 0.3 is 6.09 Å². The number of hydrogen-bond acceptors (Lipinski definition) is 4. The van der Waals surface area contributed by atoms with Crippen LogP contribution in [0.4, 0.5) is 4.79 Å². The second-order valence-corrected chi connectivity index (χ2v) is 8.39. The zero-order chi connectivity index (χ0) is 19.8. The molecule has 0 bridgehead atoms. The number of piperidine rings is 2. The summed E-state index contributed by atoms with van der Waals surface area (Å²) < 4.78 is 5.18. The first-order valence-corrected chi connectivity index (χ1v) is 11.0. The Kier molecular flexibility index (Phi) is 8.16. The van der Waals surface area contributed by atoms with Crippen molar-refractivity contribution in [3.8, 4) is 0 Å². The first kappa shape index (κ1) is 21.1. The molecule has 0 unspecified atom stereocenters. The van der Waals surface area contributed by atoms with Gasteiger partial charge in [-0.2, -0.15) is 0 Å². The number of carbonyl (C=O) groups excluding carboxylic acids is 1. The maximum atomic E-state index is 12.0. The monoisotopic (exact) mass is 387 g/mol. The average Bonchev–Trinajstić information content (AvgIpc) is 2.73. The van der Waals surface area contributed by atoms with Crippen molar-refractivity contribution in [3.05, 3.63) is 35.9 Å². The lowest BCUT2D eigenvalue weighted by Gasteiger charge is -2.41. The molecular formula is C23H37N3O2. The normalized spacial score (nSPS) is 19.9. The highest BCUT2D eigenvalue weighted by Crippen LogP contribution is 2.23. The number of rotatable bonds is 7. The van der Waals surface area contributed by atoms with Gasteiger partial charge in [-0.05, 0) is 70.6 Å². The van der Waals surface area contributed by atoms with E-state index in [1.54, 1.807) is 0 Å². The van der Waals surface area contributed by atoms with E-state index in [9.17, 15) is 4.79 Å². The molecule has 0 aromatic heterocycles. The zero-order valence-corrected chi connectivity index (χ0v) is 17.7. The van der Waals surface area contributed by atoms with Gasteiger partial charge in [-0.15, -0.1) is 0 Å². The van der Waals surface area contributed by atoms with E-state index in [0.717, 1.165) is 44.8 Å². The topological polar surface area (TPSA) is 36.0 Å². The van der Waals surface area contributed by atoms with Crippen molar-refractivity contribution >= 4 is 6.09 Å². The second-order valence-electron chi connectivity index (χ2n) is 8.39. The van der Waals surface area contributed by atoms with E-state index in [0.29, 0.717) is 12.6 Å². The molecule has 0 spiro atoms. The van der Waals surface area contributed by atoms with E-state index in [4.69, 9.17) is 4.74 Å². The number of likely N-dealkylation sites (tertiary alicyclic amines) is 2. The van der Waals surface area contributed by atoms with Crippen LogP contribution >= 0.6 is 0 Å². The van der Waals surface area contributed by atoms with Gasteiger partial charge < -0.3 is 14.5 Å². The van der Waals surface area contributed by atoms with Crippen molar-refractivity contribution in [1.29, 1.82) is 0 Å². The van der Waals surface area contributed by atoms with Crippen LogP contribution in [0.1, 0.15) is 38.2 Å². The van der Waals surface area contributed by atoms with E-state index in [2.05, 4.69) is 47.2 Å². The molecule has 1 aromatic rings. The molecule has 2 aliphatic rings. The second kappa shape index (κ2) is 10.8. The molecule has 156 valence electrons. The molecule has 0 N–H and O–H groups in total. The molecule has 3 rings (SSSR count). The molecule has 2 heterocycles. The minimum absolute atomic E-state index is 0.146. The first-order valence-electron chi connectivity index (χ1n) is 11.0. The fraction of sp³-hybridized carbons (Fsp3) is 0.696. The first-order chi connectivity index (χ1) is 13.7. The predicted molar refractivity (Wildman–Crippen MR) is 114 cm³/mol.